The summed E-state index contributed by atoms with van der Waals surface area (Å²) in [5.74, 6) is 0.238. The van der Waals surface area contributed by atoms with E-state index in [0.29, 0.717) is 0 Å². The molecule has 1 aliphatic rings. The number of carbonyl (C=O) groups excluding carboxylic acids is 1. The molecule has 0 spiro atoms. The lowest BCUT2D eigenvalue weighted by molar-refractivity contribution is -0.133. The molecule has 1 saturated heterocycles. The first-order valence-electron chi connectivity index (χ1n) is 4.71. The Labute approximate surface area is 96.0 Å². The minimum Gasteiger partial charge on any atom is -0.337 e. The summed E-state index contributed by atoms with van der Waals surface area (Å²) < 4.78 is 0. The number of likely N-dealkylation sites (tertiary alicyclic amines) is 1. The van der Waals surface area contributed by atoms with E-state index in [4.69, 9.17) is 0 Å². The van der Waals surface area contributed by atoms with Crippen LogP contribution in [0.4, 0.5) is 0 Å². The Balaban J connectivity index is 2.00. The highest BCUT2D eigenvalue weighted by Crippen LogP contribution is 2.20. The van der Waals surface area contributed by atoms with Crippen LogP contribution in [0.5, 0.6) is 0 Å². The number of hydrogen-bond acceptors (Lipinski definition) is 2. The van der Waals surface area contributed by atoms with Gasteiger partial charge in [-0.15, -0.1) is 0 Å². The lowest BCUT2D eigenvalue weighted by atomic mass is 10.1. The van der Waals surface area contributed by atoms with Gasteiger partial charge in [0.05, 0.1) is 4.83 Å². The topological polar surface area (TPSA) is 20.3 Å². The molecular weight excluding hydrogens is 262 g/mol. The molecular formula is C10H12BrNOS. The predicted octanol–water partition coefficient (Wildman–Crippen LogP) is 2.63. The molecule has 76 valence electrons. The minimum atomic E-state index is 0.0369. The highest BCUT2D eigenvalue weighted by atomic mass is 79.9. The lowest BCUT2D eigenvalue weighted by Gasteiger charge is -2.29. The Kier molecular flexibility index (Phi) is 3.23. The average molecular weight is 274 g/mol. The van der Waals surface area contributed by atoms with E-state index in [1.165, 1.54) is 5.56 Å². The van der Waals surface area contributed by atoms with Gasteiger partial charge in [0.25, 0.3) is 0 Å². The van der Waals surface area contributed by atoms with Crippen molar-refractivity contribution in [3.8, 4) is 0 Å². The van der Waals surface area contributed by atoms with E-state index in [-0.39, 0.29) is 10.7 Å². The molecule has 0 saturated carbocycles. The van der Waals surface area contributed by atoms with Gasteiger partial charge in [-0.25, -0.2) is 0 Å². The largest absolute Gasteiger partial charge is 0.337 e. The fourth-order valence-electron chi connectivity index (χ4n) is 1.65. The average Bonchev–Trinajstić information content (AvgIpc) is 2.66. The highest BCUT2D eigenvalue weighted by Gasteiger charge is 2.26. The van der Waals surface area contributed by atoms with E-state index in [9.17, 15) is 4.79 Å². The number of rotatable bonds is 2. The smallest absolute Gasteiger partial charge is 0.236 e. The zero-order valence-electron chi connectivity index (χ0n) is 7.78. The minimum absolute atomic E-state index is 0.0369. The number of carbonyl (C=O) groups is 1. The summed E-state index contributed by atoms with van der Waals surface area (Å²) in [6.07, 6.45) is 2.07. The third-order valence-corrected chi connectivity index (χ3v) is 4.00. The predicted molar refractivity (Wildman–Crippen MR) is 61.7 cm³/mol. The first-order valence-corrected chi connectivity index (χ1v) is 6.57. The Morgan fingerprint density at radius 3 is 3.21 bits per heavy atom. The second kappa shape index (κ2) is 4.45. The SMILES string of the molecule is O=C1C(Br)CCCN1Cc1ccsc1. The van der Waals surface area contributed by atoms with Crippen molar-refractivity contribution in [2.75, 3.05) is 6.54 Å². The van der Waals surface area contributed by atoms with Gasteiger partial charge < -0.3 is 4.90 Å². The molecule has 0 N–H and O–H groups in total. The van der Waals surface area contributed by atoms with E-state index in [1.807, 2.05) is 4.90 Å². The van der Waals surface area contributed by atoms with Crippen molar-refractivity contribution in [2.24, 2.45) is 0 Å². The third-order valence-electron chi connectivity index (χ3n) is 2.42. The molecule has 0 aliphatic carbocycles. The summed E-state index contributed by atoms with van der Waals surface area (Å²) in [7, 11) is 0. The Bertz CT molecular complexity index is 312. The zero-order valence-corrected chi connectivity index (χ0v) is 10.2. The Morgan fingerprint density at radius 1 is 1.64 bits per heavy atom. The maximum absolute atomic E-state index is 11.7. The van der Waals surface area contributed by atoms with Gasteiger partial charge in [0.1, 0.15) is 0 Å². The van der Waals surface area contributed by atoms with Crippen LogP contribution in [-0.2, 0) is 11.3 Å². The summed E-state index contributed by atoms with van der Waals surface area (Å²) in [5, 5.41) is 4.15. The van der Waals surface area contributed by atoms with Crippen LogP contribution in [0.3, 0.4) is 0 Å². The summed E-state index contributed by atoms with van der Waals surface area (Å²) in [4.78, 5) is 13.7. The van der Waals surface area contributed by atoms with Crippen LogP contribution in [0, 0.1) is 0 Å². The number of halogens is 1. The number of piperidine rings is 1. The van der Waals surface area contributed by atoms with Crippen LogP contribution in [0.2, 0.25) is 0 Å². The molecule has 0 radical (unpaired) electrons. The summed E-state index contributed by atoms with van der Waals surface area (Å²) in [6.45, 7) is 1.67. The van der Waals surface area contributed by atoms with Gasteiger partial charge in [0.15, 0.2) is 0 Å². The van der Waals surface area contributed by atoms with Crippen molar-refractivity contribution in [2.45, 2.75) is 24.2 Å². The number of nitrogens with zero attached hydrogens (tertiary/aromatic N) is 1. The summed E-state index contributed by atoms with van der Waals surface area (Å²) >= 11 is 5.09. The van der Waals surface area contributed by atoms with Crippen LogP contribution >= 0.6 is 27.3 Å². The van der Waals surface area contributed by atoms with E-state index in [1.54, 1.807) is 11.3 Å². The fraction of sp³-hybridized carbons (Fsp3) is 0.500. The Hall–Kier alpha value is -0.350. The summed E-state index contributed by atoms with van der Waals surface area (Å²) in [6, 6.07) is 2.08. The zero-order chi connectivity index (χ0) is 9.97. The van der Waals surface area contributed by atoms with Gasteiger partial charge in [-0.05, 0) is 35.2 Å². The van der Waals surface area contributed by atoms with Crippen LogP contribution < -0.4 is 0 Å². The van der Waals surface area contributed by atoms with Crippen molar-refractivity contribution >= 4 is 33.2 Å². The van der Waals surface area contributed by atoms with Gasteiger partial charge in [0, 0.05) is 13.1 Å². The molecule has 1 aliphatic heterocycles. The van der Waals surface area contributed by atoms with Crippen LogP contribution in [0.25, 0.3) is 0 Å². The molecule has 0 bridgehead atoms. The van der Waals surface area contributed by atoms with Gasteiger partial charge in [-0.1, -0.05) is 15.9 Å². The second-order valence-corrected chi connectivity index (χ2v) is 5.39. The third kappa shape index (κ3) is 2.17. The normalized spacial score (nSPS) is 22.8. The molecule has 1 aromatic heterocycles. The number of amides is 1. The van der Waals surface area contributed by atoms with Gasteiger partial charge in [0.2, 0.25) is 5.91 Å². The highest BCUT2D eigenvalue weighted by molar-refractivity contribution is 9.10. The van der Waals surface area contributed by atoms with Gasteiger partial charge in [-0.2, -0.15) is 11.3 Å². The number of alkyl halides is 1. The maximum atomic E-state index is 11.7. The van der Waals surface area contributed by atoms with Crippen LogP contribution in [0.15, 0.2) is 16.8 Å². The number of thiophene rings is 1. The lowest BCUT2D eigenvalue weighted by Crippen LogP contribution is -2.40. The van der Waals surface area contributed by atoms with Crippen molar-refractivity contribution in [3.05, 3.63) is 22.4 Å². The first-order chi connectivity index (χ1) is 6.77. The molecule has 1 aromatic rings. The molecule has 1 unspecified atom stereocenters. The molecule has 2 heterocycles. The molecule has 1 fully saturated rings. The molecule has 2 nitrogen and oxygen atoms in total. The summed E-state index contributed by atoms with van der Waals surface area (Å²) in [5.41, 5.74) is 1.24. The number of hydrogen-bond donors (Lipinski definition) is 0. The standard InChI is InChI=1S/C10H12BrNOS/c11-9-2-1-4-12(10(9)13)6-8-3-5-14-7-8/h3,5,7,9H,1-2,4,6H2. The van der Waals surface area contributed by atoms with Gasteiger partial charge in [-0.3, -0.25) is 4.79 Å². The Morgan fingerprint density at radius 2 is 2.50 bits per heavy atom. The second-order valence-electron chi connectivity index (χ2n) is 3.50. The molecule has 1 atom stereocenters. The van der Waals surface area contributed by atoms with E-state index < -0.39 is 0 Å². The molecule has 14 heavy (non-hydrogen) atoms. The van der Waals surface area contributed by atoms with Crippen molar-refractivity contribution in [1.82, 2.24) is 4.90 Å². The molecule has 1 amide bonds. The first kappa shape index (κ1) is 10.2. The molecule has 0 aromatic carbocycles. The van der Waals surface area contributed by atoms with E-state index >= 15 is 0 Å². The fourth-order valence-corrected chi connectivity index (χ4v) is 2.93. The quantitative estimate of drug-likeness (QED) is 0.759. The maximum Gasteiger partial charge on any atom is 0.236 e. The van der Waals surface area contributed by atoms with Gasteiger partial charge >= 0.3 is 0 Å². The van der Waals surface area contributed by atoms with E-state index in [2.05, 4.69) is 32.8 Å². The van der Waals surface area contributed by atoms with E-state index in [0.717, 1.165) is 25.9 Å². The van der Waals surface area contributed by atoms with Crippen LogP contribution in [-0.4, -0.2) is 22.2 Å². The molecule has 2 rings (SSSR count). The van der Waals surface area contributed by atoms with Crippen molar-refractivity contribution < 1.29 is 4.79 Å². The monoisotopic (exact) mass is 273 g/mol. The molecule has 4 heteroatoms. The van der Waals surface area contributed by atoms with Crippen molar-refractivity contribution in [1.29, 1.82) is 0 Å². The van der Waals surface area contributed by atoms with Crippen molar-refractivity contribution in [3.63, 3.8) is 0 Å². The van der Waals surface area contributed by atoms with Crippen LogP contribution in [0.1, 0.15) is 18.4 Å².